The van der Waals surface area contributed by atoms with E-state index in [0.717, 1.165) is 50.4 Å². The molecule has 0 saturated carbocycles. The molecule has 0 spiro atoms. The number of hydrogen-bond acceptors (Lipinski definition) is 5. The highest BCUT2D eigenvalue weighted by Crippen LogP contribution is 2.35. The summed E-state index contributed by atoms with van der Waals surface area (Å²) in [6.07, 6.45) is 5.02. The number of nitrogen functional groups attached to an aromatic ring is 1. The lowest BCUT2D eigenvalue weighted by molar-refractivity contribution is 0.469. The van der Waals surface area contributed by atoms with Crippen molar-refractivity contribution < 1.29 is 9.50 Å². The Kier molecular flexibility index (Phi) is 4.13. The van der Waals surface area contributed by atoms with Crippen molar-refractivity contribution in [2.75, 3.05) is 5.73 Å². The standard InChI is InChI=1S/C25H17FN6O/c26-16-5-14(7-18(33)9-16)19-3-4-29-25-20(19)10-23(30-25)24-21-8-13(1-2-22(21)31-32-24)15-6-17(27)12-28-11-15/h1-12,33H,27H2,(H,29,30)(H,31,32). The van der Waals surface area contributed by atoms with Gasteiger partial charge < -0.3 is 15.8 Å². The maximum absolute atomic E-state index is 13.9. The molecule has 0 aliphatic carbocycles. The van der Waals surface area contributed by atoms with E-state index >= 15 is 0 Å². The zero-order chi connectivity index (χ0) is 22.5. The van der Waals surface area contributed by atoms with Crippen LogP contribution in [0.3, 0.4) is 0 Å². The summed E-state index contributed by atoms with van der Waals surface area (Å²) in [5, 5.41) is 19.2. The maximum Gasteiger partial charge on any atom is 0.138 e. The van der Waals surface area contributed by atoms with E-state index in [4.69, 9.17) is 5.73 Å². The van der Waals surface area contributed by atoms with Crippen LogP contribution in [0.15, 0.2) is 73.2 Å². The first-order valence-corrected chi connectivity index (χ1v) is 10.2. The first-order chi connectivity index (χ1) is 16.0. The summed E-state index contributed by atoms with van der Waals surface area (Å²) in [6, 6.07) is 15.6. The summed E-state index contributed by atoms with van der Waals surface area (Å²) < 4.78 is 13.9. The third-order valence-corrected chi connectivity index (χ3v) is 5.64. The Morgan fingerprint density at radius 2 is 1.79 bits per heavy atom. The van der Waals surface area contributed by atoms with Crippen LogP contribution in [0.4, 0.5) is 10.1 Å². The Morgan fingerprint density at radius 1 is 0.879 bits per heavy atom. The van der Waals surface area contributed by atoms with E-state index in [1.54, 1.807) is 24.7 Å². The zero-order valence-corrected chi connectivity index (χ0v) is 17.2. The first-order valence-electron chi connectivity index (χ1n) is 10.2. The number of halogens is 1. The molecule has 7 nitrogen and oxygen atoms in total. The van der Waals surface area contributed by atoms with Gasteiger partial charge in [0.25, 0.3) is 0 Å². The Hall–Kier alpha value is -4.72. The van der Waals surface area contributed by atoms with Gasteiger partial charge in [-0.3, -0.25) is 10.1 Å². The van der Waals surface area contributed by atoms with Crippen molar-refractivity contribution in [2.45, 2.75) is 0 Å². The highest BCUT2D eigenvalue weighted by Gasteiger charge is 2.15. The van der Waals surface area contributed by atoms with Gasteiger partial charge in [0, 0.05) is 41.0 Å². The second kappa shape index (κ2) is 7.16. The minimum Gasteiger partial charge on any atom is -0.508 e. The van der Waals surface area contributed by atoms with Crippen molar-refractivity contribution in [1.29, 1.82) is 0 Å². The molecule has 0 unspecified atom stereocenters. The van der Waals surface area contributed by atoms with Gasteiger partial charge in [-0.25, -0.2) is 9.37 Å². The molecule has 8 heteroatoms. The van der Waals surface area contributed by atoms with Crippen molar-refractivity contribution in [2.24, 2.45) is 0 Å². The number of pyridine rings is 2. The predicted octanol–water partition coefficient (Wildman–Crippen LogP) is 5.26. The third-order valence-electron chi connectivity index (χ3n) is 5.64. The fraction of sp³-hybridized carbons (Fsp3) is 0. The molecule has 0 atom stereocenters. The molecule has 0 bridgehead atoms. The van der Waals surface area contributed by atoms with Crippen molar-refractivity contribution in [3.05, 3.63) is 79.0 Å². The van der Waals surface area contributed by atoms with Gasteiger partial charge in [-0.2, -0.15) is 5.10 Å². The van der Waals surface area contributed by atoms with Crippen LogP contribution in [-0.4, -0.2) is 30.3 Å². The van der Waals surface area contributed by atoms with E-state index in [9.17, 15) is 9.50 Å². The number of aromatic hydroxyl groups is 1. The number of benzene rings is 2. The highest BCUT2D eigenvalue weighted by molar-refractivity contribution is 6.00. The van der Waals surface area contributed by atoms with E-state index in [0.29, 0.717) is 16.9 Å². The molecule has 6 rings (SSSR count). The van der Waals surface area contributed by atoms with Gasteiger partial charge in [-0.1, -0.05) is 6.07 Å². The molecule has 6 aromatic rings. The average Bonchev–Trinajstić information content (AvgIpc) is 3.41. The van der Waals surface area contributed by atoms with Gasteiger partial charge >= 0.3 is 0 Å². The van der Waals surface area contributed by atoms with E-state index in [1.165, 1.54) is 12.1 Å². The van der Waals surface area contributed by atoms with Gasteiger partial charge in [0.1, 0.15) is 22.9 Å². The Morgan fingerprint density at radius 3 is 2.64 bits per heavy atom. The number of fused-ring (bicyclic) bond motifs is 2. The van der Waals surface area contributed by atoms with Gasteiger partial charge in [0.2, 0.25) is 0 Å². The molecule has 2 aromatic carbocycles. The second-order valence-electron chi connectivity index (χ2n) is 7.84. The number of hydrogen-bond donors (Lipinski definition) is 4. The van der Waals surface area contributed by atoms with Crippen LogP contribution in [0.5, 0.6) is 5.75 Å². The van der Waals surface area contributed by atoms with Crippen LogP contribution in [-0.2, 0) is 0 Å². The monoisotopic (exact) mass is 436 g/mol. The second-order valence-corrected chi connectivity index (χ2v) is 7.84. The molecule has 160 valence electrons. The smallest absolute Gasteiger partial charge is 0.138 e. The molecule has 0 radical (unpaired) electrons. The number of nitrogens with two attached hydrogens (primary N) is 1. The Bertz CT molecular complexity index is 1650. The van der Waals surface area contributed by atoms with Gasteiger partial charge in [-0.15, -0.1) is 0 Å². The number of phenolic OH excluding ortho intramolecular Hbond substituents is 1. The normalized spacial score (nSPS) is 11.4. The number of aromatic nitrogens is 5. The summed E-state index contributed by atoms with van der Waals surface area (Å²) in [5.74, 6) is -0.639. The lowest BCUT2D eigenvalue weighted by Gasteiger charge is -2.04. The summed E-state index contributed by atoms with van der Waals surface area (Å²) in [6.45, 7) is 0. The molecular weight excluding hydrogens is 419 g/mol. The van der Waals surface area contributed by atoms with Crippen LogP contribution >= 0.6 is 0 Å². The SMILES string of the molecule is Nc1cncc(-c2ccc3[nH]nc(-c4cc5c(-c6cc(O)cc(F)c6)ccnc5[nH]4)c3c2)c1. The largest absolute Gasteiger partial charge is 0.508 e. The minimum absolute atomic E-state index is 0.132. The van der Waals surface area contributed by atoms with Crippen molar-refractivity contribution in [3.8, 4) is 39.4 Å². The molecule has 0 aliphatic rings. The summed E-state index contributed by atoms with van der Waals surface area (Å²) in [4.78, 5) is 11.9. The number of anilines is 1. The summed E-state index contributed by atoms with van der Waals surface area (Å²) >= 11 is 0. The van der Waals surface area contributed by atoms with Gasteiger partial charge in [0.05, 0.1) is 16.9 Å². The molecule has 4 aromatic heterocycles. The van der Waals surface area contributed by atoms with Crippen LogP contribution in [0.1, 0.15) is 0 Å². The minimum atomic E-state index is -0.507. The number of phenols is 1. The predicted molar refractivity (Wildman–Crippen MR) is 126 cm³/mol. The number of nitrogens with one attached hydrogen (secondary N) is 2. The molecule has 0 saturated heterocycles. The molecule has 4 heterocycles. The van der Waals surface area contributed by atoms with E-state index in [-0.39, 0.29) is 5.75 Å². The van der Waals surface area contributed by atoms with E-state index in [1.807, 2.05) is 30.3 Å². The molecule has 0 fully saturated rings. The quantitative estimate of drug-likeness (QED) is 0.302. The lowest BCUT2D eigenvalue weighted by atomic mass is 10.0. The highest BCUT2D eigenvalue weighted by atomic mass is 19.1. The number of nitrogens with zero attached hydrogens (tertiary/aromatic N) is 3. The van der Waals surface area contributed by atoms with Crippen LogP contribution < -0.4 is 5.73 Å². The van der Waals surface area contributed by atoms with Crippen molar-refractivity contribution in [1.82, 2.24) is 25.1 Å². The Balaban J connectivity index is 1.51. The maximum atomic E-state index is 13.9. The fourth-order valence-electron chi connectivity index (χ4n) is 4.15. The first kappa shape index (κ1) is 19.0. The number of aromatic amines is 2. The van der Waals surface area contributed by atoms with Gasteiger partial charge in [0.15, 0.2) is 0 Å². The van der Waals surface area contributed by atoms with Crippen LogP contribution in [0, 0.1) is 5.82 Å². The summed E-state index contributed by atoms with van der Waals surface area (Å²) in [7, 11) is 0. The van der Waals surface area contributed by atoms with Crippen LogP contribution in [0.2, 0.25) is 0 Å². The molecule has 33 heavy (non-hydrogen) atoms. The number of H-pyrrole nitrogens is 2. The van der Waals surface area contributed by atoms with Crippen molar-refractivity contribution >= 4 is 27.6 Å². The van der Waals surface area contributed by atoms with Crippen LogP contribution in [0.25, 0.3) is 55.6 Å². The molecule has 0 amide bonds. The fourth-order valence-corrected chi connectivity index (χ4v) is 4.15. The third kappa shape index (κ3) is 3.25. The van der Waals surface area contributed by atoms with Crippen molar-refractivity contribution in [3.63, 3.8) is 0 Å². The zero-order valence-electron chi connectivity index (χ0n) is 17.2. The Labute approximate surface area is 186 Å². The van der Waals surface area contributed by atoms with E-state index in [2.05, 4.69) is 25.1 Å². The molecular formula is C25H17FN6O. The molecule has 0 aliphatic heterocycles. The average molecular weight is 436 g/mol. The lowest BCUT2D eigenvalue weighted by Crippen LogP contribution is -1.87. The number of rotatable bonds is 3. The summed E-state index contributed by atoms with van der Waals surface area (Å²) in [5.41, 5.74) is 12.7. The molecule has 5 N–H and O–H groups in total. The van der Waals surface area contributed by atoms with E-state index < -0.39 is 5.82 Å². The van der Waals surface area contributed by atoms with Gasteiger partial charge in [-0.05, 0) is 59.2 Å². The topological polar surface area (TPSA) is 116 Å².